The van der Waals surface area contributed by atoms with Crippen molar-refractivity contribution in [3.63, 3.8) is 0 Å². The summed E-state index contributed by atoms with van der Waals surface area (Å²) in [6, 6.07) is 0. The fraction of sp³-hybridized carbons (Fsp3) is 0.600. The summed E-state index contributed by atoms with van der Waals surface area (Å²) in [5.74, 6) is 9.46. The van der Waals surface area contributed by atoms with Crippen LogP contribution in [0, 0.1) is 12.3 Å². The second kappa shape index (κ2) is 4.60. The molecule has 0 spiro atoms. The van der Waals surface area contributed by atoms with Crippen molar-refractivity contribution in [2.24, 2.45) is 5.73 Å². The predicted octanol–water partition coefficient (Wildman–Crippen LogP) is -1.22. The molecular weight excluding hydrogens is 102 g/mol. The van der Waals surface area contributed by atoms with E-state index in [2.05, 4.69) is 5.92 Å². The van der Waals surface area contributed by atoms with Crippen LogP contribution in [0.2, 0.25) is 0 Å². The predicted molar refractivity (Wildman–Crippen MR) is 32.7 cm³/mol. The van der Waals surface area contributed by atoms with Crippen LogP contribution in [0.15, 0.2) is 0 Å². The first kappa shape index (κ1) is 7.44. The highest BCUT2D eigenvalue weighted by atomic mass is 15.4. The molecule has 46 valence electrons. The van der Waals surface area contributed by atoms with E-state index in [0.717, 1.165) is 0 Å². The summed E-state index contributed by atoms with van der Waals surface area (Å²) in [5.41, 5.74) is 5.12. The lowest BCUT2D eigenvalue weighted by Crippen LogP contribution is -3.07. The number of rotatable bonds is 3. The van der Waals surface area contributed by atoms with E-state index in [1.807, 2.05) is 0 Å². The van der Waals surface area contributed by atoms with Crippen LogP contribution >= 0.6 is 0 Å². The van der Waals surface area contributed by atoms with Gasteiger partial charge in [-0.25, -0.2) is 0 Å². The van der Waals surface area contributed by atoms with E-state index in [1.165, 1.54) is 0 Å². The molecule has 3 nitrogen and oxygen atoms in total. The Bertz CT molecular complexity index is 84.2. The molecule has 0 fully saturated rings. The van der Waals surface area contributed by atoms with Crippen molar-refractivity contribution in [3.05, 3.63) is 5.84 Å². The smallest absolute Gasteiger partial charge is 0.119 e. The molecule has 0 rings (SSSR count). The second-order valence-corrected chi connectivity index (χ2v) is 1.51. The van der Waals surface area contributed by atoms with Gasteiger partial charge in [0.15, 0.2) is 0 Å². The van der Waals surface area contributed by atoms with E-state index in [1.54, 1.807) is 0 Å². The Morgan fingerprint density at radius 2 is 2.38 bits per heavy atom. The van der Waals surface area contributed by atoms with E-state index >= 15 is 0 Å². The van der Waals surface area contributed by atoms with Gasteiger partial charge in [-0.05, 0) is 0 Å². The quantitative estimate of drug-likeness (QED) is 0.269. The van der Waals surface area contributed by atoms with Crippen LogP contribution in [0.4, 0.5) is 0 Å². The molecule has 0 bridgehead atoms. The minimum atomic E-state index is 0.335. The van der Waals surface area contributed by atoms with Crippen molar-refractivity contribution in [2.75, 3.05) is 13.2 Å². The van der Waals surface area contributed by atoms with Crippen molar-refractivity contribution in [3.8, 4) is 12.3 Å². The summed E-state index contributed by atoms with van der Waals surface area (Å²) in [5, 5.41) is 0.531. The van der Waals surface area contributed by atoms with Gasteiger partial charge in [0.05, 0.1) is 13.0 Å². The fourth-order valence-electron chi connectivity index (χ4n) is 0.325. The van der Waals surface area contributed by atoms with Crippen LogP contribution in [-0.4, -0.2) is 13.2 Å². The van der Waals surface area contributed by atoms with Crippen molar-refractivity contribution >= 4 is 0 Å². The van der Waals surface area contributed by atoms with Crippen molar-refractivity contribution in [2.45, 2.75) is 6.42 Å². The van der Waals surface area contributed by atoms with Gasteiger partial charge < -0.3 is 10.9 Å². The van der Waals surface area contributed by atoms with Gasteiger partial charge >= 0.3 is 0 Å². The second-order valence-electron chi connectivity index (χ2n) is 1.51. The molecule has 1 atom stereocenters. The maximum absolute atomic E-state index is 7.02. The molecule has 0 aromatic carbocycles. The molecule has 3 heteroatoms. The monoisotopic (exact) mass is 113 g/mol. The largest absolute Gasteiger partial charge is 0.468 e. The topological polar surface area (TPSA) is 54.3 Å². The summed E-state index contributed by atoms with van der Waals surface area (Å²) in [7, 11) is 0. The Hall–Kier alpha value is -0.560. The molecule has 0 aliphatic rings. The molecule has 0 amide bonds. The number of hydrogen-bond donors (Lipinski definition) is 2. The Balaban J connectivity index is 3.01. The average molecular weight is 113 g/mol. The Morgan fingerprint density at radius 1 is 1.75 bits per heavy atom. The molecular formula is C5H11N3. The fourth-order valence-corrected chi connectivity index (χ4v) is 0.325. The number of terminal acetylenes is 1. The minimum absolute atomic E-state index is 0.335. The van der Waals surface area contributed by atoms with Crippen LogP contribution in [0.1, 0.15) is 6.42 Å². The van der Waals surface area contributed by atoms with Crippen LogP contribution in [0.25, 0.3) is 5.84 Å². The molecule has 1 unspecified atom stereocenters. The molecule has 0 aromatic heterocycles. The molecule has 0 aliphatic heterocycles. The van der Waals surface area contributed by atoms with E-state index in [-0.39, 0.29) is 0 Å². The lowest BCUT2D eigenvalue weighted by atomic mass is 10.4. The normalized spacial score (nSPS) is 12.6. The summed E-state index contributed by atoms with van der Waals surface area (Å²) in [4.78, 5) is 0. The lowest BCUT2D eigenvalue weighted by molar-refractivity contribution is -0.847. The van der Waals surface area contributed by atoms with Crippen LogP contribution in [0.3, 0.4) is 0 Å². The van der Waals surface area contributed by atoms with Gasteiger partial charge in [0.2, 0.25) is 0 Å². The Labute approximate surface area is 49.6 Å². The third-order valence-corrected chi connectivity index (χ3v) is 0.818. The zero-order chi connectivity index (χ0) is 6.41. The molecule has 4 N–H and O–H groups in total. The summed E-state index contributed by atoms with van der Waals surface area (Å²) in [6.07, 6.45) is 5.58. The van der Waals surface area contributed by atoms with E-state index in [9.17, 15) is 0 Å². The number of hydrogen-bond acceptors (Lipinski definition) is 1. The first-order valence-corrected chi connectivity index (χ1v) is 2.51. The highest BCUT2D eigenvalue weighted by Gasteiger charge is 1.86. The van der Waals surface area contributed by atoms with Crippen LogP contribution in [0.5, 0.6) is 0 Å². The van der Waals surface area contributed by atoms with Gasteiger partial charge in [-0.2, -0.15) is 0 Å². The number of nitrogens with two attached hydrogens (primary N) is 1. The van der Waals surface area contributed by atoms with E-state index < -0.39 is 0 Å². The molecule has 0 aromatic rings. The van der Waals surface area contributed by atoms with Gasteiger partial charge in [0.25, 0.3) is 0 Å². The highest BCUT2D eigenvalue weighted by Crippen LogP contribution is 1.61. The van der Waals surface area contributed by atoms with Crippen molar-refractivity contribution < 1.29 is 5.01 Å². The SMILES string of the molecule is C#CCC[NH+]([NH-])CN. The standard InChI is InChI=1S/C5H11N3/c1-2-3-4-8(7)5-6/h1,7-8H,3-6H2. The van der Waals surface area contributed by atoms with Gasteiger partial charge in [-0.1, -0.05) is 0 Å². The van der Waals surface area contributed by atoms with Gasteiger partial charge in [0.1, 0.15) is 6.67 Å². The number of quaternary nitrogens is 1. The molecule has 0 heterocycles. The minimum Gasteiger partial charge on any atom is -0.468 e. The summed E-state index contributed by atoms with van der Waals surface area (Å²) in [6.45, 7) is 0.981. The molecule has 8 heavy (non-hydrogen) atoms. The van der Waals surface area contributed by atoms with E-state index in [0.29, 0.717) is 24.6 Å². The third kappa shape index (κ3) is 3.62. The van der Waals surface area contributed by atoms with Gasteiger partial charge in [-0.15, -0.1) is 12.3 Å². The zero-order valence-corrected chi connectivity index (χ0v) is 4.78. The van der Waals surface area contributed by atoms with E-state index in [4.69, 9.17) is 18.0 Å². The molecule has 0 aliphatic carbocycles. The summed E-state index contributed by atoms with van der Waals surface area (Å²) >= 11 is 0. The average Bonchev–Trinajstić information content (AvgIpc) is 1.83. The zero-order valence-electron chi connectivity index (χ0n) is 4.78. The number of nitrogens with one attached hydrogen (secondary N) is 2. The van der Waals surface area contributed by atoms with Gasteiger partial charge in [-0.3, -0.25) is 5.73 Å². The Kier molecular flexibility index (Phi) is 4.27. The molecule has 0 saturated heterocycles. The summed E-state index contributed by atoms with van der Waals surface area (Å²) < 4.78 is 0. The van der Waals surface area contributed by atoms with Crippen LogP contribution in [-0.2, 0) is 0 Å². The van der Waals surface area contributed by atoms with Crippen LogP contribution < -0.4 is 10.7 Å². The molecule has 0 saturated carbocycles. The Morgan fingerprint density at radius 3 is 2.75 bits per heavy atom. The molecule has 0 radical (unpaired) electrons. The lowest BCUT2D eigenvalue weighted by Gasteiger charge is -2.16. The third-order valence-electron chi connectivity index (χ3n) is 0.818. The van der Waals surface area contributed by atoms with Gasteiger partial charge in [0, 0.05) is 0 Å². The maximum atomic E-state index is 7.02. The first-order valence-electron chi connectivity index (χ1n) is 2.51. The first-order chi connectivity index (χ1) is 3.81. The maximum Gasteiger partial charge on any atom is 0.119 e. The highest BCUT2D eigenvalue weighted by molar-refractivity contribution is 4.82. The van der Waals surface area contributed by atoms with Crippen molar-refractivity contribution in [1.29, 1.82) is 0 Å². The van der Waals surface area contributed by atoms with Crippen molar-refractivity contribution in [1.82, 2.24) is 0 Å².